The molecule has 0 radical (unpaired) electrons. The van der Waals surface area contributed by atoms with Gasteiger partial charge in [0.25, 0.3) is 5.91 Å². The molecule has 2 N–H and O–H groups in total. The Morgan fingerprint density at radius 3 is 2.13 bits per heavy atom. The zero-order valence-corrected chi connectivity index (χ0v) is 18.1. The summed E-state index contributed by atoms with van der Waals surface area (Å²) < 4.78 is 0. The van der Waals surface area contributed by atoms with E-state index in [2.05, 4.69) is 6.07 Å². The molecule has 3 aromatic rings. The largest absolute Gasteiger partial charge is 0.276 e. The highest BCUT2D eigenvalue weighted by Gasteiger charge is 2.36. The molecule has 0 fully saturated rings. The van der Waals surface area contributed by atoms with Crippen LogP contribution >= 0.6 is 0 Å². The highest BCUT2D eigenvalue weighted by molar-refractivity contribution is 6.35. The van der Waals surface area contributed by atoms with Crippen molar-refractivity contribution in [1.29, 1.82) is 0 Å². The van der Waals surface area contributed by atoms with Gasteiger partial charge in [-0.25, -0.2) is 5.84 Å². The molecule has 5 heteroatoms. The molecule has 31 heavy (non-hydrogen) atoms. The van der Waals surface area contributed by atoms with Gasteiger partial charge in [0.05, 0.1) is 11.3 Å². The third kappa shape index (κ3) is 3.64. The van der Waals surface area contributed by atoms with Crippen molar-refractivity contribution in [2.24, 2.45) is 5.84 Å². The van der Waals surface area contributed by atoms with Gasteiger partial charge in [0.15, 0.2) is 0 Å². The van der Waals surface area contributed by atoms with Gasteiger partial charge in [-0.2, -0.15) is 0 Å². The molecular weight excluding hydrogens is 386 g/mol. The molecule has 0 spiro atoms. The van der Waals surface area contributed by atoms with Gasteiger partial charge in [-0.05, 0) is 61.2 Å². The lowest BCUT2D eigenvalue weighted by atomic mass is 9.99. The van der Waals surface area contributed by atoms with Crippen molar-refractivity contribution in [3.63, 3.8) is 0 Å². The Labute approximate surface area is 182 Å². The van der Waals surface area contributed by atoms with Gasteiger partial charge in [0, 0.05) is 23.9 Å². The van der Waals surface area contributed by atoms with E-state index in [0.717, 1.165) is 44.2 Å². The van der Waals surface area contributed by atoms with Gasteiger partial charge in [0.2, 0.25) is 5.91 Å². The van der Waals surface area contributed by atoms with Crippen LogP contribution in [-0.2, 0) is 9.59 Å². The van der Waals surface area contributed by atoms with Gasteiger partial charge in [-0.3, -0.25) is 19.5 Å². The van der Waals surface area contributed by atoms with Crippen molar-refractivity contribution in [1.82, 2.24) is 5.01 Å². The first-order chi connectivity index (χ1) is 14.8. The monoisotopic (exact) mass is 411 g/mol. The number of hydrogen-bond donors (Lipinski definition) is 1. The topological polar surface area (TPSA) is 66.6 Å². The van der Waals surface area contributed by atoms with Gasteiger partial charge in [-0.1, -0.05) is 48.5 Å². The number of benzene rings is 3. The third-order valence-corrected chi connectivity index (χ3v) is 5.56. The van der Waals surface area contributed by atoms with E-state index in [0.29, 0.717) is 11.3 Å². The van der Waals surface area contributed by atoms with Crippen molar-refractivity contribution < 1.29 is 9.59 Å². The molecule has 0 atom stereocenters. The summed E-state index contributed by atoms with van der Waals surface area (Å²) in [6.07, 6.45) is 0. The van der Waals surface area contributed by atoms with Gasteiger partial charge in [-0.15, -0.1) is 0 Å². The molecule has 5 nitrogen and oxygen atoms in total. The van der Waals surface area contributed by atoms with Crippen LogP contribution in [0.5, 0.6) is 0 Å². The van der Waals surface area contributed by atoms with E-state index in [9.17, 15) is 9.59 Å². The Kier molecular flexibility index (Phi) is 5.21. The smallest absolute Gasteiger partial charge is 0.265 e. The molecule has 0 aromatic heterocycles. The van der Waals surface area contributed by atoms with Crippen molar-refractivity contribution in [3.8, 4) is 11.1 Å². The van der Waals surface area contributed by atoms with E-state index in [1.165, 1.54) is 6.92 Å². The fourth-order valence-electron chi connectivity index (χ4n) is 4.12. The molecule has 0 bridgehead atoms. The predicted molar refractivity (Wildman–Crippen MR) is 124 cm³/mol. The summed E-state index contributed by atoms with van der Waals surface area (Å²) in [5.41, 5.74) is 7.42. The molecule has 0 unspecified atom stereocenters. The lowest BCUT2D eigenvalue weighted by Crippen LogP contribution is -2.35. The Morgan fingerprint density at radius 2 is 1.52 bits per heavy atom. The summed E-state index contributed by atoms with van der Waals surface area (Å²) in [7, 11) is 0. The van der Waals surface area contributed by atoms with Crippen molar-refractivity contribution in [2.45, 2.75) is 27.7 Å². The molecule has 0 aliphatic carbocycles. The third-order valence-electron chi connectivity index (χ3n) is 5.56. The number of fused-ring (bicyclic) bond motifs is 1. The number of aryl methyl sites for hydroxylation is 2. The van der Waals surface area contributed by atoms with Crippen LogP contribution in [0, 0.1) is 13.8 Å². The first kappa shape index (κ1) is 20.6. The second-order valence-electron chi connectivity index (χ2n) is 7.93. The second kappa shape index (κ2) is 7.85. The Hall–Kier alpha value is -3.70. The van der Waals surface area contributed by atoms with Crippen molar-refractivity contribution in [2.75, 3.05) is 4.90 Å². The van der Waals surface area contributed by atoms with Crippen LogP contribution in [-0.4, -0.2) is 16.8 Å². The number of nitrogens with zero attached hydrogens (tertiary/aromatic N) is 2. The average Bonchev–Trinajstić information content (AvgIpc) is 3.03. The van der Waals surface area contributed by atoms with Crippen molar-refractivity contribution >= 4 is 28.8 Å². The summed E-state index contributed by atoms with van der Waals surface area (Å²) in [6, 6.07) is 22.1. The number of allylic oxidation sites excluding steroid dienone is 1. The van der Waals surface area contributed by atoms with E-state index in [1.807, 2.05) is 74.5 Å². The first-order valence-electron chi connectivity index (χ1n) is 10.2. The second-order valence-corrected chi connectivity index (χ2v) is 7.93. The van der Waals surface area contributed by atoms with E-state index in [4.69, 9.17) is 5.84 Å². The van der Waals surface area contributed by atoms with Crippen LogP contribution in [0.2, 0.25) is 0 Å². The van der Waals surface area contributed by atoms with Crippen LogP contribution < -0.4 is 10.7 Å². The molecule has 3 aromatic carbocycles. The predicted octanol–water partition coefficient (Wildman–Crippen LogP) is 5.10. The number of amides is 2. The summed E-state index contributed by atoms with van der Waals surface area (Å²) in [6.45, 7) is 7.11. The number of carbonyl (C=O) groups excluding carboxylic acids is 2. The quantitative estimate of drug-likeness (QED) is 0.282. The molecule has 1 heterocycles. The number of carbonyl (C=O) groups is 2. The summed E-state index contributed by atoms with van der Waals surface area (Å²) >= 11 is 0. The number of nitrogens with two attached hydrogens (primary N) is 1. The Morgan fingerprint density at radius 1 is 0.871 bits per heavy atom. The highest BCUT2D eigenvalue weighted by atomic mass is 16.2. The average molecular weight is 412 g/mol. The number of anilines is 2. The maximum Gasteiger partial charge on any atom is 0.265 e. The van der Waals surface area contributed by atoms with Crippen LogP contribution in [0.4, 0.5) is 11.4 Å². The Balaban J connectivity index is 1.97. The number of hydrogen-bond acceptors (Lipinski definition) is 3. The normalized spacial score (nSPS) is 14.5. The van der Waals surface area contributed by atoms with E-state index >= 15 is 0 Å². The van der Waals surface area contributed by atoms with Crippen LogP contribution in [0.15, 0.2) is 72.4 Å². The minimum Gasteiger partial charge on any atom is -0.276 e. The van der Waals surface area contributed by atoms with Gasteiger partial charge in [0.1, 0.15) is 0 Å². The van der Waals surface area contributed by atoms with E-state index in [-0.39, 0.29) is 11.8 Å². The highest BCUT2D eigenvalue weighted by Crippen LogP contribution is 2.45. The lowest BCUT2D eigenvalue weighted by Gasteiger charge is -2.20. The molecule has 1 aliphatic heterocycles. The zero-order valence-electron chi connectivity index (χ0n) is 18.1. The molecule has 0 saturated carbocycles. The van der Waals surface area contributed by atoms with Gasteiger partial charge < -0.3 is 0 Å². The number of hydrazine groups is 1. The molecule has 4 rings (SSSR count). The summed E-state index contributed by atoms with van der Waals surface area (Å²) in [5.74, 6) is 5.44. The first-order valence-corrected chi connectivity index (χ1v) is 10.2. The van der Waals surface area contributed by atoms with E-state index in [1.54, 1.807) is 11.8 Å². The van der Waals surface area contributed by atoms with Crippen molar-refractivity contribution in [3.05, 3.63) is 89.1 Å². The minimum atomic E-state index is -0.329. The zero-order chi connectivity index (χ0) is 22.3. The van der Waals surface area contributed by atoms with Crippen LogP contribution in [0.25, 0.3) is 16.7 Å². The maximum atomic E-state index is 13.7. The van der Waals surface area contributed by atoms with Crippen LogP contribution in [0.1, 0.15) is 30.5 Å². The van der Waals surface area contributed by atoms with Crippen LogP contribution in [0.3, 0.4) is 0 Å². The lowest BCUT2D eigenvalue weighted by molar-refractivity contribution is -0.127. The summed E-state index contributed by atoms with van der Waals surface area (Å²) in [4.78, 5) is 27.3. The fraction of sp³-hybridized carbons (Fsp3) is 0.154. The van der Waals surface area contributed by atoms with Gasteiger partial charge >= 0.3 is 0 Å². The molecule has 156 valence electrons. The number of rotatable bonds is 3. The Bertz CT molecular complexity index is 1210. The SMILES string of the molecule is CC(=O)N(N)/C(C)=C1\C(=O)N(c2cc(C)cc(C)c2)c2cc(-c3ccccc3)ccc21. The molecule has 2 amide bonds. The maximum absolute atomic E-state index is 13.7. The molecule has 0 saturated heterocycles. The van der Waals surface area contributed by atoms with E-state index < -0.39 is 0 Å². The fourth-order valence-corrected chi connectivity index (χ4v) is 4.12. The standard InChI is InChI=1S/C26H25N3O2/c1-16-12-17(2)14-22(13-16)28-24-15-21(20-8-6-5-7-9-20)10-11-23(24)25(26(28)31)18(3)29(27)19(4)30/h5-15H,27H2,1-4H3/b25-18-. The molecule has 1 aliphatic rings. The minimum absolute atomic E-state index is 0.195. The molecular formula is C26H25N3O2. The summed E-state index contributed by atoms with van der Waals surface area (Å²) in [5, 5.41) is 1.03.